The van der Waals surface area contributed by atoms with Crippen molar-refractivity contribution in [1.82, 2.24) is 20.5 Å². The standard InChI is InChI=1S/C19H31ClN6/c1-21-19(23-10-14-25-11-4-2-3-5-12-25)24-16-8-13-26(15-16)18-17(20)7-6-9-22-18/h6-7,9,16H,2-5,8,10-15H2,1H3,(H2,21,23,24). The Labute approximate surface area is 162 Å². The molecular weight excluding hydrogens is 348 g/mol. The highest BCUT2D eigenvalue weighted by Gasteiger charge is 2.25. The highest BCUT2D eigenvalue weighted by atomic mass is 35.5. The lowest BCUT2D eigenvalue weighted by Crippen LogP contribution is -2.46. The maximum Gasteiger partial charge on any atom is 0.191 e. The van der Waals surface area contributed by atoms with E-state index in [-0.39, 0.29) is 0 Å². The van der Waals surface area contributed by atoms with E-state index in [9.17, 15) is 0 Å². The van der Waals surface area contributed by atoms with Crippen molar-refractivity contribution < 1.29 is 0 Å². The van der Waals surface area contributed by atoms with E-state index in [2.05, 4.69) is 30.4 Å². The zero-order chi connectivity index (χ0) is 18.2. The number of guanidine groups is 1. The summed E-state index contributed by atoms with van der Waals surface area (Å²) in [5, 5.41) is 7.73. The second-order valence-electron chi connectivity index (χ2n) is 7.14. The summed E-state index contributed by atoms with van der Waals surface area (Å²) < 4.78 is 0. The molecule has 2 saturated heterocycles. The Bertz CT molecular complexity index is 585. The van der Waals surface area contributed by atoms with Gasteiger partial charge in [0.05, 0.1) is 5.02 Å². The van der Waals surface area contributed by atoms with Crippen molar-refractivity contribution in [2.24, 2.45) is 4.99 Å². The van der Waals surface area contributed by atoms with E-state index >= 15 is 0 Å². The molecule has 2 N–H and O–H groups in total. The van der Waals surface area contributed by atoms with Crippen LogP contribution in [0.15, 0.2) is 23.3 Å². The van der Waals surface area contributed by atoms with E-state index in [1.807, 2.05) is 19.2 Å². The second kappa shape index (κ2) is 9.97. The normalized spacial score (nSPS) is 22.3. The summed E-state index contributed by atoms with van der Waals surface area (Å²) in [6, 6.07) is 4.12. The van der Waals surface area contributed by atoms with Gasteiger partial charge in [0.2, 0.25) is 0 Å². The first-order valence-corrected chi connectivity index (χ1v) is 10.2. The van der Waals surface area contributed by atoms with Gasteiger partial charge in [-0.05, 0) is 44.5 Å². The highest BCUT2D eigenvalue weighted by Crippen LogP contribution is 2.25. The van der Waals surface area contributed by atoms with Gasteiger partial charge in [-0.3, -0.25) is 4.99 Å². The van der Waals surface area contributed by atoms with Crippen LogP contribution in [0.3, 0.4) is 0 Å². The number of anilines is 1. The van der Waals surface area contributed by atoms with Gasteiger partial charge in [-0.2, -0.15) is 0 Å². The Hall–Kier alpha value is -1.53. The molecule has 1 atom stereocenters. The molecule has 7 heteroatoms. The van der Waals surface area contributed by atoms with E-state index < -0.39 is 0 Å². The van der Waals surface area contributed by atoms with Crippen molar-refractivity contribution in [3.63, 3.8) is 0 Å². The van der Waals surface area contributed by atoms with Crippen LogP contribution in [0.4, 0.5) is 5.82 Å². The molecule has 26 heavy (non-hydrogen) atoms. The first-order valence-electron chi connectivity index (χ1n) is 9.81. The maximum absolute atomic E-state index is 6.27. The number of halogens is 1. The number of hydrogen-bond donors (Lipinski definition) is 2. The monoisotopic (exact) mass is 378 g/mol. The SMILES string of the molecule is CN=C(NCCN1CCCCCC1)NC1CCN(c2ncccc2Cl)C1. The molecule has 3 heterocycles. The fourth-order valence-electron chi connectivity index (χ4n) is 3.76. The number of nitrogens with zero attached hydrogens (tertiary/aromatic N) is 4. The first-order chi connectivity index (χ1) is 12.8. The van der Waals surface area contributed by atoms with Gasteiger partial charge in [0.1, 0.15) is 5.82 Å². The van der Waals surface area contributed by atoms with E-state index in [1.165, 1.54) is 38.8 Å². The number of rotatable bonds is 5. The number of aromatic nitrogens is 1. The lowest BCUT2D eigenvalue weighted by atomic mass is 10.2. The van der Waals surface area contributed by atoms with E-state index in [4.69, 9.17) is 11.6 Å². The molecule has 2 aliphatic rings. The van der Waals surface area contributed by atoms with Gasteiger partial charge in [-0.15, -0.1) is 0 Å². The molecule has 1 aromatic rings. The maximum atomic E-state index is 6.27. The Morgan fingerprint density at radius 1 is 1.27 bits per heavy atom. The zero-order valence-electron chi connectivity index (χ0n) is 15.8. The molecule has 144 valence electrons. The summed E-state index contributed by atoms with van der Waals surface area (Å²) in [5.41, 5.74) is 0. The third-order valence-corrected chi connectivity index (χ3v) is 5.51. The topological polar surface area (TPSA) is 55.8 Å². The second-order valence-corrected chi connectivity index (χ2v) is 7.55. The quantitative estimate of drug-likeness (QED) is 0.608. The molecule has 0 spiro atoms. The molecule has 3 rings (SSSR count). The van der Waals surface area contributed by atoms with Crippen LogP contribution in [0, 0.1) is 0 Å². The van der Waals surface area contributed by atoms with Crippen molar-refractivity contribution in [3.05, 3.63) is 23.4 Å². The molecule has 2 aliphatic heterocycles. The van der Waals surface area contributed by atoms with Gasteiger partial charge >= 0.3 is 0 Å². The molecule has 6 nitrogen and oxygen atoms in total. The Morgan fingerprint density at radius 3 is 2.81 bits per heavy atom. The van der Waals surface area contributed by atoms with Gasteiger partial charge in [-0.1, -0.05) is 24.4 Å². The van der Waals surface area contributed by atoms with Gasteiger partial charge in [0, 0.05) is 45.5 Å². The number of likely N-dealkylation sites (tertiary alicyclic amines) is 1. The molecule has 0 amide bonds. The van der Waals surface area contributed by atoms with Gasteiger partial charge < -0.3 is 20.4 Å². The summed E-state index contributed by atoms with van der Waals surface area (Å²) in [6.45, 7) is 6.33. The predicted molar refractivity (Wildman–Crippen MR) is 109 cm³/mol. The Balaban J connectivity index is 1.42. The van der Waals surface area contributed by atoms with Crippen LogP contribution in [0.25, 0.3) is 0 Å². The van der Waals surface area contributed by atoms with Crippen LogP contribution in [0.1, 0.15) is 32.1 Å². The van der Waals surface area contributed by atoms with Crippen LogP contribution in [0.2, 0.25) is 5.02 Å². The molecule has 2 fully saturated rings. The van der Waals surface area contributed by atoms with E-state index in [0.717, 1.165) is 44.4 Å². The predicted octanol–water partition coefficient (Wildman–Crippen LogP) is 2.35. The number of nitrogens with one attached hydrogen (secondary N) is 2. The highest BCUT2D eigenvalue weighted by molar-refractivity contribution is 6.32. The van der Waals surface area contributed by atoms with Crippen LogP contribution >= 0.6 is 11.6 Å². The van der Waals surface area contributed by atoms with Gasteiger partial charge in [0.25, 0.3) is 0 Å². The van der Waals surface area contributed by atoms with Crippen molar-refractivity contribution in [1.29, 1.82) is 0 Å². The molecule has 0 aromatic carbocycles. The fourth-order valence-corrected chi connectivity index (χ4v) is 4.00. The summed E-state index contributed by atoms with van der Waals surface area (Å²) in [4.78, 5) is 13.6. The van der Waals surface area contributed by atoms with Gasteiger partial charge in [-0.25, -0.2) is 4.98 Å². The molecule has 1 unspecified atom stereocenters. The zero-order valence-corrected chi connectivity index (χ0v) is 16.5. The van der Waals surface area contributed by atoms with Crippen molar-refractivity contribution in [3.8, 4) is 0 Å². The summed E-state index contributed by atoms with van der Waals surface area (Å²) in [7, 11) is 1.84. The van der Waals surface area contributed by atoms with Crippen LogP contribution < -0.4 is 15.5 Å². The minimum atomic E-state index is 0.359. The summed E-state index contributed by atoms with van der Waals surface area (Å²) in [5.74, 6) is 1.77. The van der Waals surface area contributed by atoms with Gasteiger partial charge in [0.15, 0.2) is 5.96 Å². The Morgan fingerprint density at radius 2 is 2.08 bits per heavy atom. The largest absolute Gasteiger partial charge is 0.355 e. The lowest BCUT2D eigenvalue weighted by molar-refractivity contribution is 0.289. The average molecular weight is 379 g/mol. The van der Waals surface area contributed by atoms with Crippen molar-refractivity contribution in [2.45, 2.75) is 38.1 Å². The molecule has 1 aromatic heterocycles. The fraction of sp³-hybridized carbons (Fsp3) is 0.684. The van der Waals surface area contributed by atoms with E-state index in [0.29, 0.717) is 11.1 Å². The Kier molecular flexibility index (Phi) is 7.38. The van der Waals surface area contributed by atoms with Crippen LogP contribution in [-0.2, 0) is 0 Å². The molecule has 0 saturated carbocycles. The third-order valence-electron chi connectivity index (χ3n) is 5.21. The van der Waals surface area contributed by atoms with Crippen LogP contribution in [0.5, 0.6) is 0 Å². The first kappa shape index (κ1) is 19.2. The minimum Gasteiger partial charge on any atom is -0.355 e. The molecule has 0 radical (unpaired) electrons. The number of hydrogen-bond acceptors (Lipinski definition) is 4. The average Bonchev–Trinajstić information content (AvgIpc) is 2.95. The van der Waals surface area contributed by atoms with E-state index in [1.54, 1.807) is 6.20 Å². The number of aliphatic imine (C=N–C) groups is 1. The van der Waals surface area contributed by atoms with Crippen molar-refractivity contribution >= 4 is 23.4 Å². The summed E-state index contributed by atoms with van der Waals surface area (Å²) in [6.07, 6.45) is 8.28. The molecule has 0 bridgehead atoms. The minimum absolute atomic E-state index is 0.359. The molecule has 0 aliphatic carbocycles. The van der Waals surface area contributed by atoms with Crippen LogP contribution in [-0.4, -0.2) is 68.2 Å². The third kappa shape index (κ3) is 5.48. The molecular formula is C19H31ClN6. The summed E-state index contributed by atoms with van der Waals surface area (Å²) >= 11 is 6.27. The van der Waals surface area contributed by atoms with Crippen molar-refractivity contribution in [2.75, 3.05) is 51.2 Å². The lowest BCUT2D eigenvalue weighted by Gasteiger charge is -2.22. The smallest absolute Gasteiger partial charge is 0.191 e. The number of pyridine rings is 1.